The first-order valence-corrected chi connectivity index (χ1v) is 6.07. The first kappa shape index (κ1) is 14.1. The minimum atomic E-state index is 0.377. The number of aromatic nitrogens is 1. The predicted molar refractivity (Wildman–Crippen MR) is 69.9 cm³/mol. The van der Waals surface area contributed by atoms with Gasteiger partial charge in [0.25, 0.3) is 0 Å². The lowest BCUT2D eigenvalue weighted by atomic mass is 10.2. The van der Waals surface area contributed by atoms with E-state index in [1.54, 1.807) is 7.11 Å². The summed E-state index contributed by atoms with van der Waals surface area (Å²) >= 11 is 0. The molecule has 0 spiro atoms. The van der Waals surface area contributed by atoms with E-state index in [4.69, 9.17) is 4.74 Å². The van der Waals surface area contributed by atoms with Gasteiger partial charge in [0.05, 0.1) is 6.61 Å². The first-order valence-electron chi connectivity index (χ1n) is 6.07. The number of nitrogens with zero attached hydrogens (tertiary/aromatic N) is 2. The number of pyridine rings is 1. The number of rotatable bonds is 8. The van der Waals surface area contributed by atoms with E-state index >= 15 is 0 Å². The summed E-state index contributed by atoms with van der Waals surface area (Å²) in [6.07, 6.45) is 3.68. The summed E-state index contributed by atoms with van der Waals surface area (Å²) in [4.78, 5) is 6.43. The molecule has 0 aromatic carbocycles. The lowest BCUT2D eigenvalue weighted by Crippen LogP contribution is -2.41. The molecule has 1 atom stereocenters. The second-order valence-corrected chi connectivity index (χ2v) is 4.12. The number of hydrogen-bond acceptors (Lipinski definition) is 4. The Bertz CT molecular complexity index is 292. The highest BCUT2D eigenvalue weighted by atomic mass is 16.5. The molecule has 1 aromatic rings. The molecule has 1 heterocycles. The molecule has 0 aliphatic rings. The topological polar surface area (TPSA) is 37.4 Å². The molecule has 1 unspecified atom stereocenters. The van der Waals surface area contributed by atoms with Gasteiger partial charge in [0.15, 0.2) is 0 Å². The van der Waals surface area contributed by atoms with Crippen molar-refractivity contribution in [3.63, 3.8) is 0 Å². The van der Waals surface area contributed by atoms with Crippen LogP contribution in [0.2, 0.25) is 0 Å². The van der Waals surface area contributed by atoms with Crippen LogP contribution in [0.25, 0.3) is 0 Å². The third kappa shape index (κ3) is 5.26. The number of ether oxygens (including phenoxy) is 1. The van der Waals surface area contributed by atoms with E-state index in [1.165, 1.54) is 5.56 Å². The average Bonchev–Trinajstić information content (AvgIpc) is 2.38. The maximum Gasteiger partial charge on any atom is 0.0628 e. The third-order valence-electron chi connectivity index (χ3n) is 2.86. The molecular formula is C13H23N3O. The minimum Gasteiger partial charge on any atom is -0.383 e. The largest absolute Gasteiger partial charge is 0.383 e. The Morgan fingerprint density at radius 1 is 1.41 bits per heavy atom. The van der Waals surface area contributed by atoms with Crippen molar-refractivity contribution < 1.29 is 4.74 Å². The highest BCUT2D eigenvalue weighted by Crippen LogP contribution is 2.03. The Morgan fingerprint density at radius 2 is 2.12 bits per heavy atom. The molecule has 0 aliphatic carbocycles. The summed E-state index contributed by atoms with van der Waals surface area (Å²) in [7, 11) is 3.72. The van der Waals surface area contributed by atoms with E-state index in [9.17, 15) is 0 Å². The molecule has 0 aliphatic heterocycles. The highest BCUT2D eigenvalue weighted by Gasteiger charge is 2.11. The predicted octanol–water partition coefficient (Wildman–Crippen LogP) is 1.14. The van der Waals surface area contributed by atoms with Gasteiger partial charge in [-0.1, -0.05) is 6.92 Å². The highest BCUT2D eigenvalue weighted by molar-refractivity contribution is 5.09. The van der Waals surface area contributed by atoms with E-state index in [1.807, 2.05) is 19.4 Å². The van der Waals surface area contributed by atoms with E-state index in [-0.39, 0.29) is 0 Å². The minimum absolute atomic E-state index is 0.377. The van der Waals surface area contributed by atoms with Gasteiger partial charge in [0.2, 0.25) is 0 Å². The molecule has 17 heavy (non-hydrogen) atoms. The summed E-state index contributed by atoms with van der Waals surface area (Å²) < 4.78 is 5.19. The van der Waals surface area contributed by atoms with Crippen molar-refractivity contribution >= 4 is 0 Å². The number of hydrogen-bond donors (Lipinski definition) is 1. The zero-order chi connectivity index (χ0) is 12.5. The third-order valence-corrected chi connectivity index (χ3v) is 2.86. The van der Waals surface area contributed by atoms with E-state index in [2.05, 4.69) is 34.3 Å². The standard InChI is InChI=1S/C13H23N3O/c1-4-16(10-13(14-2)11-17-3)9-12-5-7-15-8-6-12/h5-8,13-14H,4,9-11H2,1-3H3. The van der Waals surface area contributed by atoms with Crippen LogP contribution in [0.1, 0.15) is 12.5 Å². The Kier molecular flexibility index (Phi) is 6.77. The molecule has 1 rings (SSSR count). The maximum atomic E-state index is 5.19. The van der Waals surface area contributed by atoms with Crippen LogP contribution in [0.4, 0.5) is 0 Å². The van der Waals surface area contributed by atoms with Gasteiger partial charge in [-0.25, -0.2) is 0 Å². The summed E-state index contributed by atoms with van der Waals surface area (Å²) in [6.45, 7) is 5.90. The normalized spacial score (nSPS) is 12.9. The van der Waals surface area contributed by atoms with E-state index < -0.39 is 0 Å². The first-order chi connectivity index (χ1) is 8.30. The Balaban J connectivity index is 2.48. The number of likely N-dealkylation sites (N-methyl/N-ethyl adjacent to an activating group) is 2. The summed E-state index contributed by atoms with van der Waals surface area (Å²) in [5.41, 5.74) is 1.30. The zero-order valence-electron chi connectivity index (χ0n) is 11.0. The Labute approximate surface area is 104 Å². The fraction of sp³-hybridized carbons (Fsp3) is 0.615. The molecule has 4 heteroatoms. The lowest BCUT2D eigenvalue weighted by molar-refractivity contribution is 0.141. The lowest BCUT2D eigenvalue weighted by Gasteiger charge is -2.25. The molecule has 0 amide bonds. The van der Waals surface area contributed by atoms with Crippen molar-refractivity contribution in [3.8, 4) is 0 Å². The summed E-state index contributed by atoms with van der Waals surface area (Å²) in [5.74, 6) is 0. The molecule has 4 nitrogen and oxygen atoms in total. The van der Waals surface area contributed by atoms with Crippen molar-refractivity contribution in [2.75, 3.05) is 33.9 Å². The van der Waals surface area contributed by atoms with Crippen molar-refractivity contribution in [2.45, 2.75) is 19.5 Å². The van der Waals surface area contributed by atoms with Crippen LogP contribution in [-0.2, 0) is 11.3 Å². The zero-order valence-corrected chi connectivity index (χ0v) is 11.0. The van der Waals surface area contributed by atoms with Crippen LogP contribution >= 0.6 is 0 Å². The van der Waals surface area contributed by atoms with Crippen LogP contribution in [0, 0.1) is 0 Å². The SMILES string of the molecule is CCN(Cc1ccncc1)CC(COC)NC. The molecule has 1 aromatic heterocycles. The van der Waals surface area contributed by atoms with Gasteiger partial charge in [-0.05, 0) is 31.3 Å². The van der Waals surface area contributed by atoms with Crippen LogP contribution in [0.3, 0.4) is 0 Å². The maximum absolute atomic E-state index is 5.19. The molecule has 1 N–H and O–H groups in total. The molecule has 0 saturated heterocycles. The monoisotopic (exact) mass is 237 g/mol. The van der Waals surface area contributed by atoms with Crippen LogP contribution in [0.15, 0.2) is 24.5 Å². The van der Waals surface area contributed by atoms with Crippen LogP contribution in [-0.4, -0.2) is 49.8 Å². The van der Waals surface area contributed by atoms with Gasteiger partial charge < -0.3 is 10.1 Å². The second-order valence-electron chi connectivity index (χ2n) is 4.12. The van der Waals surface area contributed by atoms with Crippen molar-refractivity contribution in [2.24, 2.45) is 0 Å². The van der Waals surface area contributed by atoms with Crippen molar-refractivity contribution in [1.29, 1.82) is 0 Å². The van der Waals surface area contributed by atoms with Gasteiger partial charge >= 0.3 is 0 Å². The van der Waals surface area contributed by atoms with Crippen molar-refractivity contribution in [3.05, 3.63) is 30.1 Å². The second kappa shape index (κ2) is 8.17. The van der Waals surface area contributed by atoms with Gasteiger partial charge in [0, 0.05) is 38.6 Å². The average molecular weight is 237 g/mol. The molecule has 0 radical (unpaired) electrons. The molecular weight excluding hydrogens is 214 g/mol. The van der Waals surface area contributed by atoms with Crippen LogP contribution < -0.4 is 5.32 Å². The van der Waals surface area contributed by atoms with Crippen LogP contribution in [0.5, 0.6) is 0 Å². The molecule has 96 valence electrons. The van der Waals surface area contributed by atoms with E-state index in [0.717, 1.165) is 26.2 Å². The molecule has 0 bridgehead atoms. The fourth-order valence-electron chi connectivity index (χ4n) is 1.79. The summed E-state index contributed by atoms with van der Waals surface area (Å²) in [6, 6.07) is 4.50. The van der Waals surface area contributed by atoms with Crippen molar-refractivity contribution in [1.82, 2.24) is 15.2 Å². The Hall–Kier alpha value is -0.970. The smallest absolute Gasteiger partial charge is 0.0628 e. The summed E-state index contributed by atoms with van der Waals surface area (Å²) in [5, 5.41) is 3.27. The van der Waals surface area contributed by atoms with E-state index in [0.29, 0.717) is 6.04 Å². The molecule has 0 fully saturated rings. The van der Waals surface area contributed by atoms with Gasteiger partial charge in [-0.3, -0.25) is 9.88 Å². The fourth-order valence-corrected chi connectivity index (χ4v) is 1.79. The van der Waals surface area contributed by atoms with Gasteiger partial charge in [0.1, 0.15) is 0 Å². The quantitative estimate of drug-likeness (QED) is 0.735. The number of methoxy groups -OCH3 is 1. The van der Waals surface area contributed by atoms with Gasteiger partial charge in [-0.2, -0.15) is 0 Å². The Morgan fingerprint density at radius 3 is 2.65 bits per heavy atom. The number of nitrogens with one attached hydrogen (secondary N) is 1. The van der Waals surface area contributed by atoms with Gasteiger partial charge in [-0.15, -0.1) is 0 Å². The molecule has 0 saturated carbocycles.